The molecule has 6 rings (SSSR count). The van der Waals surface area contributed by atoms with Crippen LogP contribution in [0.3, 0.4) is 0 Å². The molecule has 35 heavy (non-hydrogen) atoms. The minimum Gasteiger partial charge on any atom is -0.339 e. The summed E-state index contributed by atoms with van der Waals surface area (Å²) in [6.45, 7) is 0. The van der Waals surface area contributed by atoms with E-state index in [1.807, 2.05) is 12.1 Å². The number of H-pyrrole nitrogens is 1. The van der Waals surface area contributed by atoms with Crippen molar-refractivity contribution in [2.75, 3.05) is 0 Å². The summed E-state index contributed by atoms with van der Waals surface area (Å²) in [7, 11) is 0. The Morgan fingerprint density at radius 1 is 0.743 bits per heavy atom. The van der Waals surface area contributed by atoms with Crippen molar-refractivity contribution >= 4 is 77.5 Å². The molecule has 170 valence electrons. The number of aromatic nitrogens is 1. The minimum atomic E-state index is 0.715. The van der Waals surface area contributed by atoms with Crippen molar-refractivity contribution in [3.8, 4) is 21.7 Å². The van der Waals surface area contributed by atoms with Gasteiger partial charge in [-0.05, 0) is 64.9 Å². The Kier molecular flexibility index (Phi) is 6.24. The molecule has 3 nitrogen and oxygen atoms in total. The van der Waals surface area contributed by atoms with Gasteiger partial charge >= 0.3 is 0 Å². The molecule has 7 heteroatoms. The van der Waals surface area contributed by atoms with Crippen LogP contribution in [-0.2, 0) is 0 Å². The number of hydrogen-bond acceptors (Lipinski definition) is 3. The van der Waals surface area contributed by atoms with Gasteiger partial charge in [-0.25, -0.2) is 9.98 Å². The van der Waals surface area contributed by atoms with Gasteiger partial charge in [-0.15, -0.1) is 22.7 Å². The number of amidine groups is 1. The van der Waals surface area contributed by atoms with Crippen LogP contribution in [0.2, 0.25) is 0 Å². The molecule has 1 N–H and O–H groups in total. The van der Waals surface area contributed by atoms with Crippen LogP contribution >= 0.6 is 54.5 Å². The number of aliphatic imine (C=N–C) groups is 2. The van der Waals surface area contributed by atoms with Crippen LogP contribution in [0.25, 0.3) is 27.3 Å². The number of nitrogens with zero attached hydrogens (tertiary/aromatic N) is 2. The molecule has 0 saturated heterocycles. The van der Waals surface area contributed by atoms with Gasteiger partial charge in [0, 0.05) is 41.1 Å². The zero-order valence-electron chi connectivity index (χ0n) is 18.2. The Morgan fingerprint density at radius 2 is 1.37 bits per heavy atom. The molecule has 0 saturated carbocycles. The summed E-state index contributed by atoms with van der Waals surface area (Å²) < 4.78 is 2.10. The normalized spacial score (nSPS) is 14.4. The molecule has 4 heterocycles. The van der Waals surface area contributed by atoms with Gasteiger partial charge in [0.1, 0.15) is 5.82 Å². The van der Waals surface area contributed by atoms with Crippen molar-refractivity contribution in [1.82, 2.24) is 4.98 Å². The van der Waals surface area contributed by atoms with Gasteiger partial charge < -0.3 is 4.98 Å². The molecule has 3 aromatic heterocycles. The zero-order valence-corrected chi connectivity index (χ0v) is 23.0. The maximum absolute atomic E-state index is 5.11. The number of halogens is 2. The SMILES string of the molecule is Brc1ccc(C2=N/C(=N\c3[nH]c(-c4ccc(Br)cc4)cc3-c3cccs3)C(c3cccs3)=C2)cc1. The fourth-order valence-electron chi connectivity index (χ4n) is 3.92. The summed E-state index contributed by atoms with van der Waals surface area (Å²) in [5, 5.41) is 4.18. The second kappa shape index (κ2) is 9.66. The van der Waals surface area contributed by atoms with Gasteiger partial charge in [0.05, 0.1) is 5.71 Å². The molecule has 0 unspecified atom stereocenters. The number of thiophene rings is 2. The van der Waals surface area contributed by atoms with Crippen molar-refractivity contribution in [3.05, 3.63) is 115 Å². The highest BCUT2D eigenvalue weighted by Crippen LogP contribution is 2.39. The largest absolute Gasteiger partial charge is 0.339 e. The number of allylic oxidation sites excluding steroid dienone is 1. The van der Waals surface area contributed by atoms with Crippen LogP contribution in [0.4, 0.5) is 5.82 Å². The van der Waals surface area contributed by atoms with Crippen LogP contribution in [0, 0.1) is 0 Å². The average Bonchev–Trinajstić information content (AvgIpc) is 3.66. The van der Waals surface area contributed by atoms with Gasteiger partial charge in [-0.3, -0.25) is 0 Å². The van der Waals surface area contributed by atoms with E-state index in [0.717, 1.165) is 53.3 Å². The van der Waals surface area contributed by atoms with Gasteiger partial charge in [-0.2, -0.15) is 0 Å². The Balaban J connectivity index is 1.49. The predicted molar refractivity (Wildman–Crippen MR) is 157 cm³/mol. The van der Waals surface area contributed by atoms with Crippen molar-refractivity contribution in [1.29, 1.82) is 0 Å². The van der Waals surface area contributed by atoms with E-state index in [4.69, 9.17) is 9.98 Å². The van der Waals surface area contributed by atoms with Crippen molar-refractivity contribution in [3.63, 3.8) is 0 Å². The number of hydrogen-bond donors (Lipinski definition) is 1. The number of nitrogens with one attached hydrogen (secondary N) is 1. The molecule has 2 aromatic carbocycles. The molecule has 0 amide bonds. The second-order valence-corrected chi connectivity index (χ2v) is 11.6. The number of benzene rings is 2. The fourth-order valence-corrected chi connectivity index (χ4v) is 5.93. The third-order valence-corrected chi connectivity index (χ3v) is 8.49. The summed E-state index contributed by atoms with van der Waals surface area (Å²) >= 11 is 10.5. The van der Waals surface area contributed by atoms with Gasteiger partial charge in [0.25, 0.3) is 0 Å². The maximum atomic E-state index is 5.11. The molecule has 1 aliphatic heterocycles. The molecule has 0 bridgehead atoms. The standard InChI is InChI=1S/C28H17Br2N3S2/c29-19-9-5-17(6-10-19)23-15-21(25-3-1-13-34-25)27(31-23)33-28-22(26-4-2-14-35-26)16-24(32-28)18-7-11-20(30)12-8-18/h1-16,31H/b33-28-. The first-order valence-corrected chi connectivity index (χ1v) is 14.2. The van der Waals surface area contributed by atoms with E-state index in [1.54, 1.807) is 22.7 Å². The first kappa shape index (κ1) is 22.6. The van der Waals surface area contributed by atoms with E-state index in [1.165, 1.54) is 4.88 Å². The Hall–Kier alpha value is -2.84. The Morgan fingerprint density at radius 3 is 2.00 bits per heavy atom. The van der Waals surface area contributed by atoms with Crippen LogP contribution in [0.5, 0.6) is 0 Å². The lowest BCUT2D eigenvalue weighted by atomic mass is 10.1. The fraction of sp³-hybridized carbons (Fsp3) is 0. The van der Waals surface area contributed by atoms with Gasteiger partial charge in [-0.1, -0.05) is 68.3 Å². The highest BCUT2D eigenvalue weighted by atomic mass is 79.9. The number of rotatable bonds is 5. The second-order valence-electron chi connectivity index (χ2n) is 7.90. The molecular formula is C28H17Br2N3S2. The summed E-state index contributed by atoms with van der Waals surface area (Å²) in [4.78, 5) is 16.0. The quantitative estimate of drug-likeness (QED) is 0.204. The summed E-state index contributed by atoms with van der Waals surface area (Å²) in [6.07, 6.45) is 2.14. The highest BCUT2D eigenvalue weighted by Gasteiger charge is 2.21. The third kappa shape index (κ3) is 4.69. The van der Waals surface area contributed by atoms with Crippen LogP contribution < -0.4 is 0 Å². The van der Waals surface area contributed by atoms with Crippen LogP contribution in [0.15, 0.2) is 115 Å². The Labute approximate surface area is 227 Å². The lowest BCUT2D eigenvalue weighted by Crippen LogP contribution is -1.95. The molecule has 0 fully saturated rings. The topological polar surface area (TPSA) is 40.5 Å². The van der Waals surface area contributed by atoms with Gasteiger partial charge in [0.2, 0.25) is 0 Å². The van der Waals surface area contributed by atoms with Crippen molar-refractivity contribution in [2.45, 2.75) is 0 Å². The summed E-state index contributed by atoms with van der Waals surface area (Å²) in [5.41, 5.74) is 6.22. The third-order valence-electron chi connectivity index (χ3n) is 5.63. The van der Waals surface area contributed by atoms with Crippen molar-refractivity contribution in [2.24, 2.45) is 9.98 Å². The van der Waals surface area contributed by atoms with E-state index in [9.17, 15) is 0 Å². The molecule has 0 spiro atoms. The molecule has 0 radical (unpaired) electrons. The van der Waals surface area contributed by atoms with E-state index < -0.39 is 0 Å². The molecular weight excluding hydrogens is 602 g/mol. The molecule has 1 aliphatic rings. The smallest absolute Gasteiger partial charge is 0.163 e. The van der Waals surface area contributed by atoms with E-state index in [2.05, 4.69) is 120 Å². The van der Waals surface area contributed by atoms with E-state index in [-0.39, 0.29) is 0 Å². The highest BCUT2D eigenvalue weighted by molar-refractivity contribution is 9.10. The van der Waals surface area contributed by atoms with Crippen molar-refractivity contribution < 1.29 is 0 Å². The average molecular weight is 619 g/mol. The first-order chi connectivity index (χ1) is 17.1. The molecule has 0 atom stereocenters. The van der Waals surface area contributed by atoms with Crippen LogP contribution in [-0.4, -0.2) is 16.5 Å². The first-order valence-electron chi connectivity index (χ1n) is 10.9. The molecule has 0 aliphatic carbocycles. The van der Waals surface area contributed by atoms with E-state index in [0.29, 0.717) is 5.84 Å². The lowest BCUT2D eigenvalue weighted by molar-refractivity contribution is 1.33. The monoisotopic (exact) mass is 617 g/mol. The summed E-state index contributed by atoms with van der Waals surface area (Å²) in [5.74, 6) is 1.52. The zero-order chi connectivity index (χ0) is 23.8. The van der Waals surface area contributed by atoms with Gasteiger partial charge in [0.15, 0.2) is 5.84 Å². The van der Waals surface area contributed by atoms with E-state index >= 15 is 0 Å². The molecule has 5 aromatic rings. The summed E-state index contributed by atoms with van der Waals surface area (Å²) in [6, 6.07) is 27.1. The van der Waals surface area contributed by atoms with Crippen LogP contribution in [0.1, 0.15) is 10.4 Å². The Bertz CT molecular complexity index is 1570. The number of aromatic amines is 1. The lowest BCUT2D eigenvalue weighted by Gasteiger charge is -2.01. The maximum Gasteiger partial charge on any atom is 0.163 e. The minimum absolute atomic E-state index is 0.715. The predicted octanol–water partition coefficient (Wildman–Crippen LogP) is 9.61.